The molecule has 1 atom stereocenters. The molecule has 192 valence electrons. The summed E-state index contributed by atoms with van der Waals surface area (Å²) in [5.41, 5.74) is 3.53. The second kappa shape index (κ2) is 10.7. The highest BCUT2D eigenvalue weighted by atomic mass is 16.5. The number of rotatable bonds is 9. The predicted octanol–water partition coefficient (Wildman–Crippen LogP) is 5.41. The van der Waals surface area contributed by atoms with E-state index >= 15 is 0 Å². The molecule has 7 heteroatoms. The monoisotopic (exact) mass is 508 g/mol. The molecule has 2 heterocycles. The summed E-state index contributed by atoms with van der Waals surface area (Å²) >= 11 is 0. The Morgan fingerprint density at radius 3 is 2.53 bits per heavy atom. The number of carbonyl (C=O) groups is 2. The van der Waals surface area contributed by atoms with Gasteiger partial charge in [0.15, 0.2) is 11.5 Å². The molecule has 0 aliphatic carbocycles. The van der Waals surface area contributed by atoms with Crippen molar-refractivity contribution in [3.63, 3.8) is 0 Å². The zero-order valence-corrected chi connectivity index (χ0v) is 21.2. The Balaban J connectivity index is 1.48. The Morgan fingerprint density at radius 2 is 1.76 bits per heavy atom. The van der Waals surface area contributed by atoms with Crippen molar-refractivity contribution < 1.29 is 24.2 Å². The standard InChI is InChI=1S/C31H28N2O5/c1-37-23-10-6-9-21(17-23)29-28(27(34)14-11-20-7-4-3-5-8-20)30(35)31(36)33(29)16-15-22-19-32-26-13-12-24(38-2)18-25(22)26/h3-14,17-19,29,32,35H,15-16H2,1-2H3/b14-11+/t29-/m0/s1. The van der Waals surface area contributed by atoms with Gasteiger partial charge < -0.3 is 24.5 Å². The van der Waals surface area contributed by atoms with Crippen LogP contribution in [0.4, 0.5) is 0 Å². The number of nitrogens with one attached hydrogen (secondary N) is 1. The summed E-state index contributed by atoms with van der Waals surface area (Å²) in [5.74, 6) is -0.196. The molecule has 0 unspecified atom stereocenters. The molecular formula is C31H28N2O5. The van der Waals surface area contributed by atoms with E-state index in [4.69, 9.17) is 9.47 Å². The maximum Gasteiger partial charge on any atom is 0.290 e. The second-order valence-electron chi connectivity index (χ2n) is 9.02. The number of ether oxygens (including phenoxy) is 2. The van der Waals surface area contributed by atoms with Crippen LogP contribution in [0.3, 0.4) is 0 Å². The van der Waals surface area contributed by atoms with Crippen LogP contribution in [0.15, 0.2) is 96.4 Å². The molecule has 1 amide bonds. The summed E-state index contributed by atoms with van der Waals surface area (Å²) in [7, 11) is 3.18. The molecule has 38 heavy (non-hydrogen) atoms. The van der Waals surface area contributed by atoms with Gasteiger partial charge in [0.2, 0.25) is 0 Å². The van der Waals surface area contributed by atoms with Gasteiger partial charge in [0.1, 0.15) is 11.5 Å². The highest BCUT2D eigenvalue weighted by molar-refractivity contribution is 6.14. The van der Waals surface area contributed by atoms with E-state index in [-0.39, 0.29) is 12.1 Å². The average molecular weight is 509 g/mol. The molecule has 4 aromatic rings. The number of aliphatic hydroxyl groups is 1. The minimum atomic E-state index is -0.759. The summed E-state index contributed by atoms with van der Waals surface area (Å²) in [6.45, 7) is 0.286. The van der Waals surface area contributed by atoms with Crippen molar-refractivity contribution in [3.05, 3.63) is 113 Å². The third kappa shape index (κ3) is 4.78. The fourth-order valence-corrected chi connectivity index (χ4v) is 4.85. The first kappa shape index (κ1) is 24.9. The van der Waals surface area contributed by atoms with Crippen LogP contribution in [0.1, 0.15) is 22.7 Å². The van der Waals surface area contributed by atoms with Crippen molar-refractivity contribution in [2.24, 2.45) is 0 Å². The maximum atomic E-state index is 13.4. The highest BCUT2D eigenvalue weighted by Crippen LogP contribution is 2.39. The van der Waals surface area contributed by atoms with Crippen LogP contribution in [0.5, 0.6) is 11.5 Å². The van der Waals surface area contributed by atoms with Crippen LogP contribution >= 0.6 is 0 Å². The average Bonchev–Trinajstić information content (AvgIpc) is 3.48. The Hall–Kier alpha value is -4.78. The fourth-order valence-electron chi connectivity index (χ4n) is 4.85. The molecule has 5 rings (SSSR count). The number of benzene rings is 3. The van der Waals surface area contributed by atoms with Gasteiger partial charge in [0, 0.05) is 23.6 Å². The number of aromatic nitrogens is 1. The van der Waals surface area contributed by atoms with E-state index in [1.807, 2.05) is 60.8 Å². The third-order valence-electron chi connectivity index (χ3n) is 6.80. The van der Waals surface area contributed by atoms with E-state index in [1.165, 1.54) is 6.08 Å². The number of fused-ring (bicyclic) bond motifs is 1. The largest absolute Gasteiger partial charge is 0.503 e. The number of H-pyrrole nitrogens is 1. The Kier molecular flexibility index (Phi) is 7.00. The zero-order chi connectivity index (χ0) is 26.6. The molecule has 1 aliphatic rings. The molecule has 0 bridgehead atoms. The highest BCUT2D eigenvalue weighted by Gasteiger charge is 2.42. The van der Waals surface area contributed by atoms with Crippen molar-refractivity contribution in [3.8, 4) is 11.5 Å². The molecule has 0 fully saturated rings. The van der Waals surface area contributed by atoms with Crippen LogP contribution < -0.4 is 9.47 Å². The van der Waals surface area contributed by atoms with Crippen molar-refractivity contribution >= 4 is 28.7 Å². The number of aliphatic hydroxyl groups excluding tert-OH is 1. The van der Waals surface area contributed by atoms with Gasteiger partial charge in [-0.05, 0) is 59.5 Å². The lowest BCUT2D eigenvalue weighted by molar-refractivity contribution is -0.129. The van der Waals surface area contributed by atoms with E-state index in [1.54, 1.807) is 43.4 Å². The lowest BCUT2D eigenvalue weighted by atomic mass is 9.95. The quantitative estimate of drug-likeness (QED) is 0.295. The molecule has 7 nitrogen and oxygen atoms in total. The lowest BCUT2D eigenvalue weighted by Crippen LogP contribution is -2.33. The van der Waals surface area contributed by atoms with Gasteiger partial charge in [0.25, 0.3) is 5.91 Å². The summed E-state index contributed by atoms with van der Waals surface area (Å²) in [6.07, 6.45) is 5.50. The third-order valence-corrected chi connectivity index (χ3v) is 6.80. The first-order chi connectivity index (χ1) is 18.5. The Labute approximate surface area is 220 Å². The van der Waals surface area contributed by atoms with Crippen LogP contribution in [0, 0.1) is 0 Å². The summed E-state index contributed by atoms with van der Waals surface area (Å²) in [6, 6.07) is 21.6. The SMILES string of the molecule is COc1cccc([C@H]2C(C(=O)/C=C/c3ccccc3)=C(O)C(=O)N2CCc2c[nH]c3ccc(OC)cc23)c1. The molecule has 1 aliphatic heterocycles. The molecule has 0 radical (unpaired) electrons. The number of aromatic amines is 1. The van der Waals surface area contributed by atoms with Crippen LogP contribution in [-0.2, 0) is 16.0 Å². The molecular weight excluding hydrogens is 480 g/mol. The molecule has 3 aromatic carbocycles. The minimum Gasteiger partial charge on any atom is -0.503 e. The number of methoxy groups -OCH3 is 2. The molecule has 0 saturated carbocycles. The number of amides is 1. The maximum absolute atomic E-state index is 13.4. The first-order valence-electron chi connectivity index (χ1n) is 12.3. The van der Waals surface area contributed by atoms with E-state index in [0.29, 0.717) is 17.7 Å². The summed E-state index contributed by atoms with van der Waals surface area (Å²) < 4.78 is 10.8. The van der Waals surface area contributed by atoms with Crippen LogP contribution in [0.25, 0.3) is 17.0 Å². The molecule has 2 N–H and O–H groups in total. The molecule has 0 spiro atoms. The number of nitrogens with zero attached hydrogens (tertiary/aromatic N) is 1. The zero-order valence-electron chi connectivity index (χ0n) is 21.2. The van der Waals surface area contributed by atoms with Crippen molar-refractivity contribution in [1.82, 2.24) is 9.88 Å². The molecule has 1 aromatic heterocycles. The van der Waals surface area contributed by atoms with Crippen LogP contribution in [-0.4, -0.2) is 47.4 Å². The normalized spacial score (nSPS) is 15.6. The van der Waals surface area contributed by atoms with E-state index in [0.717, 1.165) is 27.8 Å². The van der Waals surface area contributed by atoms with Crippen molar-refractivity contribution in [1.29, 1.82) is 0 Å². The Bertz CT molecular complexity index is 1550. The number of hydrogen-bond donors (Lipinski definition) is 2. The minimum absolute atomic E-state index is 0.0519. The number of carbonyl (C=O) groups excluding carboxylic acids is 2. The number of ketones is 1. The van der Waals surface area contributed by atoms with Gasteiger partial charge in [-0.15, -0.1) is 0 Å². The first-order valence-corrected chi connectivity index (χ1v) is 12.3. The fraction of sp³-hybridized carbons (Fsp3) is 0.161. The smallest absolute Gasteiger partial charge is 0.290 e. The van der Waals surface area contributed by atoms with Gasteiger partial charge in [-0.1, -0.05) is 48.5 Å². The van der Waals surface area contributed by atoms with Gasteiger partial charge in [0.05, 0.1) is 25.8 Å². The number of hydrogen-bond acceptors (Lipinski definition) is 5. The van der Waals surface area contributed by atoms with E-state index in [2.05, 4.69) is 4.98 Å². The lowest BCUT2D eigenvalue weighted by Gasteiger charge is -2.27. The van der Waals surface area contributed by atoms with Gasteiger partial charge in [-0.3, -0.25) is 9.59 Å². The van der Waals surface area contributed by atoms with Crippen LogP contribution in [0.2, 0.25) is 0 Å². The van der Waals surface area contributed by atoms with Crippen molar-refractivity contribution in [2.45, 2.75) is 12.5 Å². The van der Waals surface area contributed by atoms with Gasteiger partial charge >= 0.3 is 0 Å². The number of allylic oxidation sites excluding steroid dienone is 1. The second-order valence-corrected chi connectivity index (χ2v) is 9.02. The van der Waals surface area contributed by atoms with Gasteiger partial charge in [-0.25, -0.2) is 0 Å². The summed E-state index contributed by atoms with van der Waals surface area (Å²) in [5, 5.41) is 11.9. The van der Waals surface area contributed by atoms with Gasteiger partial charge in [-0.2, -0.15) is 0 Å². The Morgan fingerprint density at radius 1 is 1.00 bits per heavy atom. The van der Waals surface area contributed by atoms with Crippen molar-refractivity contribution in [2.75, 3.05) is 20.8 Å². The van der Waals surface area contributed by atoms with E-state index < -0.39 is 23.5 Å². The van der Waals surface area contributed by atoms with E-state index in [9.17, 15) is 14.7 Å². The molecule has 0 saturated heterocycles. The summed E-state index contributed by atoms with van der Waals surface area (Å²) in [4.78, 5) is 31.5. The predicted molar refractivity (Wildman–Crippen MR) is 146 cm³/mol. The topological polar surface area (TPSA) is 91.9 Å².